The van der Waals surface area contributed by atoms with E-state index in [1.807, 2.05) is 32.0 Å². The average Bonchev–Trinajstić information content (AvgIpc) is 2.27. The SMILES string of the molecule is Cc1ccc(Oc2cc(N)ccc2C)nn1. The van der Waals surface area contributed by atoms with Gasteiger partial charge in [-0.25, -0.2) is 0 Å². The van der Waals surface area contributed by atoms with E-state index in [1.54, 1.807) is 12.1 Å². The third-order valence-electron chi connectivity index (χ3n) is 2.20. The summed E-state index contributed by atoms with van der Waals surface area (Å²) in [5, 5.41) is 7.85. The molecule has 2 N–H and O–H groups in total. The molecule has 0 saturated heterocycles. The lowest BCUT2D eigenvalue weighted by Gasteiger charge is -2.07. The second-order valence-electron chi connectivity index (χ2n) is 3.64. The van der Waals surface area contributed by atoms with Gasteiger partial charge in [0.05, 0.1) is 5.69 Å². The second kappa shape index (κ2) is 4.18. The molecule has 0 aliphatic heterocycles. The number of nitrogens with two attached hydrogens (primary N) is 1. The Balaban J connectivity index is 2.26. The van der Waals surface area contributed by atoms with Crippen LogP contribution in [0.1, 0.15) is 11.3 Å². The van der Waals surface area contributed by atoms with Crippen LogP contribution in [0.5, 0.6) is 11.6 Å². The zero-order valence-electron chi connectivity index (χ0n) is 9.27. The summed E-state index contributed by atoms with van der Waals surface area (Å²) < 4.78 is 5.59. The molecule has 2 rings (SSSR count). The van der Waals surface area contributed by atoms with Crippen molar-refractivity contribution in [3.8, 4) is 11.6 Å². The molecule has 0 unspecified atom stereocenters. The van der Waals surface area contributed by atoms with Crippen molar-refractivity contribution in [3.05, 3.63) is 41.6 Å². The van der Waals surface area contributed by atoms with E-state index in [4.69, 9.17) is 10.5 Å². The molecule has 16 heavy (non-hydrogen) atoms. The van der Waals surface area contributed by atoms with E-state index in [0.29, 0.717) is 17.3 Å². The maximum Gasteiger partial charge on any atom is 0.238 e. The molecular formula is C12H13N3O. The van der Waals surface area contributed by atoms with Crippen LogP contribution in [-0.4, -0.2) is 10.2 Å². The number of ether oxygens (including phenoxy) is 1. The maximum absolute atomic E-state index is 5.69. The first kappa shape index (κ1) is 10.4. The minimum atomic E-state index is 0.472. The average molecular weight is 215 g/mol. The molecule has 0 bridgehead atoms. The molecule has 0 saturated carbocycles. The van der Waals surface area contributed by atoms with Gasteiger partial charge in [-0.3, -0.25) is 0 Å². The van der Waals surface area contributed by atoms with Gasteiger partial charge >= 0.3 is 0 Å². The minimum Gasteiger partial charge on any atom is -0.437 e. The number of hydrogen-bond acceptors (Lipinski definition) is 4. The molecule has 0 aliphatic rings. The van der Waals surface area contributed by atoms with Crippen molar-refractivity contribution in [3.63, 3.8) is 0 Å². The fourth-order valence-electron chi connectivity index (χ4n) is 1.28. The van der Waals surface area contributed by atoms with Gasteiger partial charge in [0.2, 0.25) is 5.88 Å². The Morgan fingerprint density at radius 2 is 1.88 bits per heavy atom. The van der Waals surface area contributed by atoms with Crippen LogP contribution in [0.2, 0.25) is 0 Å². The first-order valence-electron chi connectivity index (χ1n) is 4.99. The van der Waals surface area contributed by atoms with Crippen LogP contribution in [0.4, 0.5) is 5.69 Å². The zero-order valence-corrected chi connectivity index (χ0v) is 9.27. The van der Waals surface area contributed by atoms with Crippen LogP contribution >= 0.6 is 0 Å². The van der Waals surface area contributed by atoms with Crippen LogP contribution in [0.25, 0.3) is 0 Å². The van der Waals surface area contributed by atoms with Gasteiger partial charge in [-0.1, -0.05) is 6.07 Å². The predicted octanol–water partition coefficient (Wildman–Crippen LogP) is 2.47. The predicted molar refractivity (Wildman–Crippen MR) is 62.4 cm³/mol. The third kappa shape index (κ3) is 2.28. The number of hydrogen-bond donors (Lipinski definition) is 1. The maximum atomic E-state index is 5.69. The number of benzene rings is 1. The highest BCUT2D eigenvalue weighted by Crippen LogP contribution is 2.25. The van der Waals surface area contributed by atoms with E-state index in [9.17, 15) is 0 Å². The number of aryl methyl sites for hydroxylation is 2. The molecule has 0 aliphatic carbocycles. The van der Waals surface area contributed by atoms with Gasteiger partial charge in [0.15, 0.2) is 0 Å². The summed E-state index contributed by atoms with van der Waals surface area (Å²) in [6.07, 6.45) is 0. The molecule has 1 aromatic carbocycles. The fraction of sp³-hybridized carbons (Fsp3) is 0.167. The molecule has 4 nitrogen and oxygen atoms in total. The Kier molecular flexibility index (Phi) is 2.72. The Hall–Kier alpha value is -2.10. The van der Waals surface area contributed by atoms with Gasteiger partial charge in [0, 0.05) is 17.8 Å². The van der Waals surface area contributed by atoms with Crippen molar-refractivity contribution in [2.75, 3.05) is 5.73 Å². The summed E-state index contributed by atoms with van der Waals surface area (Å²) in [7, 11) is 0. The van der Waals surface area contributed by atoms with Gasteiger partial charge < -0.3 is 10.5 Å². The lowest BCUT2D eigenvalue weighted by atomic mass is 10.2. The van der Waals surface area contributed by atoms with Crippen molar-refractivity contribution in [1.82, 2.24) is 10.2 Å². The Morgan fingerprint density at radius 1 is 1.06 bits per heavy atom. The fourth-order valence-corrected chi connectivity index (χ4v) is 1.28. The lowest BCUT2D eigenvalue weighted by molar-refractivity contribution is 0.451. The molecule has 1 heterocycles. The van der Waals surface area contributed by atoms with E-state index < -0.39 is 0 Å². The summed E-state index contributed by atoms with van der Waals surface area (Å²) in [5.74, 6) is 1.18. The number of aromatic nitrogens is 2. The van der Waals surface area contributed by atoms with Crippen LogP contribution in [0.15, 0.2) is 30.3 Å². The highest BCUT2D eigenvalue weighted by Gasteiger charge is 2.03. The third-order valence-corrected chi connectivity index (χ3v) is 2.20. The quantitative estimate of drug-likeness (QED) is 0.782. The number of nitrogens with zero attached hydrogens (tertiary/aromatic N) is 2. The van der Waals surface area contributed by atoms with Gasteiger partial charge in [0.1, 0.15) is 5.75 Å². The number of anilines is 1. The molecule has 82 valence electrons. The lowest BCUT2D eigenvalue weighted by Crippen LogP contribution is -1.94. The monoisotopic (exact) mass is 215 g/mol. The highest BCUT2D eigenvalue weighted by atomic mass is 16.5. The first-order chi connectivity index (χ1) is 7.65. The van der Waals surface area contributed by atoms with Crippen molar-refractivity contribution in [2.24, 2.45) is 0 Å². The summed E-state index contributed by atoms with van der Waals surface area (Å²) in [6, 6.07) is 9.15. The van der Waals surface area contributed by atoms with Gasteiger partial charge in [-0.2, -0.15) is 5.10 Å². The Bertz CT molecular complexity index is 494. The van der Waals surface area contributed by atoms with Gasteiger partial charge in [0.25, 0.3) is 0 Å². The standard InChI is InChI=1S/C12H13N3O/c1-8-3-5-10(13)7-11(8)16-12-6-4-9(2)14-15-12/h3-7H,13H2,1-2H3. The smallest absolute Gasteiger partial charge is 0.238 e. The van der Waals surface area contributed by atoms with Gasteiger partial charge in [-0.05, 0) is 31.5 Å². The molecule has 4 heteroatoms. The van der Waals surface area contributed by atoms with Crippen LogP contribution in [-0.2, 0) is 0 Å². The molecule has 0 spiro atoms. The summed E-state index contributed by atoms with van der Waals surface area (Å²) in [4.78, 5) is 0. The first-order valence-corrected chi connectivity index (χ1v) is 4.99. The molecule has 0 amide bonds. The van der Waals surface area contributed by atoms with E-state index >= 15 is 0 Å². The van der Waals surface area contributed by atoms with E-state index in [0.717, 1.165) is 11.3 Å². The second-order valence-corrected chi connectivity index (χ2v) is 3.64. The Labute approximate surface area is 94.1 Å². The topological polar surface area (TPSA) is 61.0 Å². The number of rotatable bonds is 2. The van der Waals surface area contributed by atoms with E-state index in [2.05, 4.69) is 10.2 Å². The largest absolute Gasteiger partial charge is 0.437 e. The molecule has 0 fully saturated rings. The summed E-state index contributed by atoms with van der Waals surface area (Å²) in [5.41, 5.74) is 8.23. The molecule has 1 aromatic heterocycles. The van der Waals surface area contributed by atoms with E-state index in [1.165, 1.54) is 0 Å². The van der Waals surface area contributed by atoms with Crippen LogP contribution in [0, 0.1) is 13.8 Å². The molecule has 2 aromatic rings. The normalized spacial score (nSPS) is 10.1. The Morgan fingerprint density at radius 3 is 2.56 bits per heavy atom. The summed E-state index contributed by atoms with van der Waals surface area (Å²) >= 11 is 0. The molecule has 0 atom stereocenters. The summed E-state index contributed by atoms with van der Waals surface area (Å²) in [6.45, 7) is 3.83. The van der Waals surface area contributed by atoms with Crippen molar-refractivity contribution >= 4 is 5.69 Å². The minimum absolute atomic E-state index is 0.472. The van der Waals surface area contributed by atoms with Crippen LogP contribution < -0.4 is 10.5 Å². The van der Waals surface area contributed by atoms with Gasteiger partial charge in [-0.15, -0.1) is 5.10 Å². The van der Waals surface area contributed by atoms with Crippen molar-refractivity contribution in [2.45, 2.75) is 13.8 Å². The van der Waals surface area contributed by atoms with Crippen LogP contribution in [0.3, 0.4) is 0 Å². The molecule has 0 radical (unpaired) electrons. The highest BCUT2D eigenvalue weighted by molar-refractivity contribution is 5.48. The van der Waals surface area contributed by atoms with Crippen molar-refractivity contribution < 1.29 is 4.74 Å². The van der Waals surface area contributed by atoms with E-state index in [-0.39, 0.29) is 0 Å². The van der Waals surface area contributed by atoms with Crippen molar-refractivity contribution in [1.29, 1.82) is 0 Å². The zero-order chi connectivity index (χ0) is 11.5. The molecular weight excluding hydrogens is 202 g/mol. The number of nitrogen functional groups attached to an aromatic ring is 1.